The summed E-state index contributed by atoms with van der Waals surface area (Å²) in [5, 5.41) is 10.2. The predicted octanol–water partition coefficient (Wildman–Crippen LogP) is 2.38. The Balaban J connectivity index is 1.39. The summed E-state index contributed by atoms with van der Waals surface area (Å²) in [7, 11) is 0. The third-order valence-corrected chi connectivity index (χ3v) is 7.42. The minimum Gasteiger partial charge on any atom is -0.394 e. The fraction of sp³-hybridized carbons (Fsp3) is 0.480. The van der Waals surface area contributed by atoms with Crippen LogP contribution in [-0.2, 0) is 16.0 Å². The van der Waals surface area contributed by atoms with Gasteiger partial charge in [-0.15, -0.1) is 0 Å². The second-order valence-electron chi connectivity index (χ2n) is 9.22. The summed E-state index contributed by atoms with van der Waals surface area (Å²) < 4.78 is 0. The molecule has 3 fully saturated rings. The molecule has 2 saturated heterocycles. The lowest BCUT2D eigenvalue weighted by molar-refractivity contribution is -0.205. The molecule has 3 aliphatic rings. The average molecular weight is 420 g/mol. The number of pyridine rings is 1. The van der Waals surface area contributed by atoms with Crippen molar-refractivity contribution in [2.75, 3.05) is 19.7 Å². The standard InChI is InChI=1S/C25H29N3O3/c29-15-21-23(19-8-2-1-3-9-19)25(28(21)24(31)20-10-4-5-11-20)16-27(17-25)22(30)13-18-7-6-12-26-14-18/h1-3,6-9,12,14,20-21,23,29H,4-5,10-11,13,15-17H2/t21-,23+/m0/s1. The SMILES string of the molecule is O=C(Cc1cccnc1)N1CC2(C1)[C@H](c1ccccc1)[C@H](CO)N2C(=O)C1CCCC1. The Labute approximate surface area is 182 Å². The first-order chi connectivity index (χ1) is 15.1. The lowest BCUT2D eigenvalue weighted by Gasteiger charge is -2.70. The van der Waals surface area contributed by atoms with Crippen LogP contribution in [0.15, 0.2) is 54.9 Å². The number of carbonyl (C=O) groups excluding carboxylic acids is 2. The van der Waals surface area contributed by atoms with Crippen LogP contribution in [0, 0.1) is 5.92 Å². The number of aromatic nitrogens is 1. The fourth-order valence-corrected chi connectivity index (χ4v) is 5.97. The lowest BCUT2D eigenvalue weighted by atomic mass is 9.60. The largest absolute Gasteiger partial charge is 0.394 e. The third-order valence-electron chi connectivity index (χ3n) is 7.42. The molecular weight excluding hydrogens is 390 g/mol. The van der Waals surface area contributed by atoms with Crippen LogP contribution in [0.1, 0.15) is 42.7 Å². The highest BCUT2D eigenvalue weighted by atomic mass is 16.3. The van der Waals surface area contributed by atoms with E-state index in [9.17, 15) is 14.7 Å². The fourth-order valence-electron chi connectivity index (χ4n) is 5.97. The number of hydrogen-bond donors (Lipinski definition) is 1. The van der Waals surface area contributed by atoms with Crippen LogP contribution in [0.5, 0.6) is 0 Å². The molecule has 2 aromatic rings. The van der Waals surface area contributed by atoms with Crippen LogP contribution in [0.4, 0.5) is 0 Å². The molecule has 2 atom stereocenters. The number of likely N-dealkylation sites (tertiary alicyclic amines) is 2. The van der Waals surface area contributed by atoms with Crippen LogP contribution in [0.25, 0.3) is 0 Å². The molecule has 0 radical (unpaired) electrons. The Morgan fingerprint density at radius 2 is 1.81 bits per heavy atom. The van der Waals surface area contributed by atoms with Gasteiger partial charge in [0.15, 0.2) is 0 Å². The van der Waals surface area contributed by atoms with Crippen molar-refractivity contribution in [1.82, 2.24) is 14.8 Å². The molecule has 1 spiro atoms. The van der Waals surface area contributed by atoms with Gasteiger partial charge < -0.3 is 14.9 Å². The van der Waals surface area contributed by atoms with Gasteiger partial charge in [0.2, 0.25) is 11.8 Å². The summed E-state index contributed by atoms with van der Waals surface area (Å²) in [5.41, 5.74) is 1.63. The molecule has 2 aliphatic heterocycles. The molecule has 1 aromatic heterocycles. The van der Waals surface area contributed by atoms with E-state index in [1.165, 1.54) is 0 Å². The monoisotopic (exact) mass is 419 g/mol. The third kappa shape index (κ3) is 3.33. The van der Waals surface area contributed by atoms with Gasteiger partial charge in [0.1, 0.15) is 0 Å². The van der Waals surface area contributed by atoms with E-state index in [1.807, 2.05) is 40.1 Å². The first-order valence-corrected chi connectivity index (χ1v) is 11.3. The number of hydrogen-bond acceptors (Lipinski definition) is 4. The maximum atomic E-state index is 13.5. The number of rotatable bonds is 5. The average Bonchev–Trinajstić information content (AvgIpc) is 3.29. The molecule has 3 heterocycles. The molecular formula is C25H29N3O3. The summed E-state index contributed by atoms with van der Waals surface area (Å²) in [6.45, 7) is 1.00. The van der Waals surface area contributed by atoms with E-state index in [4.69, 9.17) is 0 Å². The van der Waals surface area contributed by atoms with E-state index in [0.29, 0.717) is 19.5 Å². The van der Waals surface area contributed by atoms with E-state index in [-0.39, 0.29) is 36.3 Å². The summed E-state index contributed by atoms with van der Waals surface area (Å²) in [5.74, 6) is 0.337. The van der Waals surface area contributed by atoms with E-state index >= 15 is 0 Å². The summed E-state index contributed by atoms with van der Waals surface area (Å²) >= 11 is 0. The molecule has 0 unspecified atom stereocenters. The number of benzene rings is 1. The molecule has 2 amide bonds. The van der Waals surface area contributed by atoms with Gasteiger partial charge in [-0.25, -0.2) is 0 Å². The van der Waals surface area contributed by atoms with Gasteiger partial charge in [-0.1, -0.05) is 49.2 Å². The summed E-state index contributed by atoms with van der Waals surface area (Å²) in [6, 6.07) is 13.7. The van der Waals surface area contributed by atoms with Crippen LogP contribution >= 0.6 is 0 Å². The van der Waals surface area contributed by atoms with Crippen LogP contribution in [-0.4, -0.2) is 63.0 Å². The minimum atomic E-state index is -0.404. The van der Waals surface area contributed by atoms with E-state index in [1.54, 1.807) is 12.4 Å². The number of carbonyl (C=O) groups is 2. The molecule has 1 aliphatic carbocycles. The van der Waals surface area contributed by atoms with Crippen molar-refractivity contribution in [1.29, 1.82) is 0 Å². The van der Waals surface area contributed by atoms with Crippen LogP contribution in [0.3, 0.4) is 0 Å². The summed E-state index contributed by atoms with van der Waals surface area (Å²) in [6.07, 6.45) is 7.80. The van der Waals surface area contributed by atoms with Crippen molar-refractivity contribution in [3.63, 3.8) is 0 Å². The van der Waals surface area contributed by atoms with E-state index in [0.717, 1.165) is 36.8 Å². The van der Waals surface area contributed by atoms with Gasteiger partial charge in [0.25, 0.3) is 0 Å². The molecule has 1 aromatic carbocycles. The summed E-state index contributed by atoms with van der Waals surface area (Å²) in [4.78, 5) is 34.3. The van der Waals surface area contributed by atoms with Crippen molar-refractivity contribution in [3.8, 4) is 0 Å². The van der Waals surface area contributed by atoms with Gasteiger partial charge in [0.05, 0.1) is 24.6 Å². The second kappa shape index (κ2) is 8.08. The number of nitrogens with zero attached hydrogens (tertiary/aromatic N) is 3. The van der Waals surface area contributed by atoms with Crippen LogP contribution < -0.4 is 0 Å². The quantitative estimate of drug-likeness (QED) is 0.808. The topological polar surface area (TPSA) is 73.7 Å². The molecule has 0 bridgehead atoms. The second-order valence-corrected chi connectivity index (χ2v) is 9.22. The van der Waals surface area contributed by atoms with Gasteiger partial charge in [-0.2, -0.15) is 0 Å². The molecule has 6 nitrogen and oxygen atoms in total. The number of aliphatic hydroxyl groups excluding tert-OH is 1. The Morgan fingerprint density at radius 3 is 2.45 bits per heavy atom. The highest BCUT2D eigenvalue weighted by Gasteiger charge is 2.68. The lowest BCUT2D eigenvalue weighted by Crippen LogP contribution is -2.86. The zero-order valence-electron chi connectivity index (χ0n) is 17.7. The Hall–Kier alpha value is -2.73. The maximum Gasteiger partial charge on any atom is 0.227 e. The van der Waals surface area contributed by atoms with E-state index < -0.39 is 5.54 Å². The van der Waals surface area contributed by atoms with Gasteiger partial charge in [0, 0.05) is 37.3 Å². The van der Waals surface area contributed by atoms with E-state index in [2.05, 4.69) is 17.1 Å². The van der Waals surface area contributed by atoms with Crippen molar-refractivity contribution < 1.29 is 14.7 Å². The number of amides is 2. The van der Waals surface area contributed by atoms with Crippen molar-refractivity contribution >= 4 is 11.8 Å². The number of aliphatic hydroxyl groups is 1. The molecule has 31 heavy (non-hydrogen) atoms. The Kier molecular flexibility index (Phi) is 5.26. The highest BCUT2D eigenvalue weighted by Crippen LogP contribution is 2.55. The predicted molar refractivity (Wildman–Crippen MR) is 116 cm³/mol. The first kappa shape index (κ1) is 20.2. The van der Waals surface area contributed by atoms with Crippen molar-refractivity contribution in [3.05, 3.63) is 66.0 Å². The minimum absolute atomic E-state index is 0.0477. The smallest absolute Gasteiger partial charge is 0.227 e. The maximum absolute atomic E-state index is 13.5. The normalized spacial score (nSPS) is 24.7. The Morgan fingerprint density at radius 1 is 1.06 bits per heavy atom. The molecule has 162 valence electrons. The molecule has 6 heteroatoms. The Bertz CT molecular complexity index is 937. The molecule has 1 N–H and O–H groups in total. The van der Waals surface area contributed by atoms with Crippen molar-refractivity contribution in [2.24, 2.45) is 5.92 Å². The van der Waals surface area contributed by atoms with Gasteiger partial charge >= 0.3 is 0 Å². The highest BCUT2D eigenvalue weighted by molar-refractivity contribution is 5.85. The zero-order chi connectivity index (χ0) is 21.4. The molecule has 1 saturated carbocycles. The van der Waals surface area contributed by atoms with Crippen molar-refractivity contribution in [2.45, 2.75) is 49.6 Å². The molecule has 5 rings (SSSR count). The van der Waals surface area contributed by atoms with Gasteiger partial charge in [-0.05, 0) is 30.0 Å². The van der Waals surface area contributed by atoms with Crippen LogP contribution in [0.2, 0.25) is 0 Å². The zero-order valence-corrected chi connectivity index (χ0v) is 17.7. The first-order valence-electron chi connectivity index (χ1n) is 11.3. The van der Waals surface area contributed by atoms with Gasteiger partial charge in [-0.3, -0.25) is 14.6 Å².